The van der Waals surface area contributed by atoms with Gasteiger partial charge >= 0.3 is 0 Å². The Kier molecular flexibility index (Phi) is 5.67. The lowest BCUT2D eigenvalue weighted by atomic mass is 9.91. The van der Waals surface area contributed by atoms with Crippen molar-refractivity contribution in [1.82, 2.24) is 14.8 Å². The number of hydrogen-bond donors (Lipinski definition) is 1. The molecule has 182 valence electrons. The summed E-state index contributed by atoms with van der Waals surface area (Å²) in [6.45, 7) is 0. The Morgan fingerprint density at radius 1 is 1.06 bits per heavy atom. The van der Waals surface area contributed by atoms with Crippen LogP contribution in [-0.4, -0.2) is 35.2 Å². The molecule has 4 aromatic rings. The minimum Gasteiger partial charge on any atom is -0.293 e. The Balaban J connectivity index is 1.50. The normalized spacial score (nSPS) is 14.6. The standard InChI is InChI=1S/C24H16F3N5O3S/c1-32-12-14(10-30-32)13-7-17-18(11-29-24(17)28-9-13)23(33)21-19(26)5-6-20(22(21)27)31-36(34,35)16-4-2-3-15(25)8-16/h2-12,18,31H,1H3. The third-order valence-corrected chi connectivity index (χ3v) is 6.95. The number of carbonyl (C=O) groups excluding carboxylic acids is 1. The van der Waals surface area contributed by atoms with Gasteiger partial charge in [0.2, 0.25) is 0 Å². The predicted octanol–water partition coefficient (Wildman–Crippen LogP) is 4.38. The van der Waals surface area contributed by atoms with E-state index in [9.17, 15) is 22.0 Å². The zero-order valence-corrected chi connectivity index (χ0v) is 19.3. The van der Waals surface area contributed by atoms with E-state index in [1.807, 2.05) is 4.72 Å². The third kappa shape index (κ3) is 4.15. The molecule has 1 aliphatic heterocycles. The molecule has 0 bridgehead atoms. The number of nitrogens with one attached hydrogen (secondary N) is 1. The van der Waals surface area contributed by atoms with Crippen molar-refractivity contribution in [2.24, 2.45) is 12.0 Å². The van der Waals surface area contributed by atoms with E-state index >= 15 is 4.39 Å². The molecular weight excluding hydrogens is 495 g/mol. The number of aliphatic imine (C=N–C) groups is 1. The van der Waals surface area contributed by atoms with Crippen molar-refractivity contribution in [1.29, 1.82) is 0 Å². The number of nitrogens with zero attached hydrogens (tertiary/aromatic N) is 4. The maximum absolute atomic E-state index is 15.4. The summed E-state index contributed by atoms with van der Waals surface area (Å²) in [7, 11) is -2.69. The topological polar surface area (TPSA) is 106 Å². The highest BCUT2D eigenvalue weighted by atomic mass is 32.2. The van der Waals surface area contributed by atoms with Crippen LogP contribution in [0.4, 0.5) is 24.7 Å². The molecule has 1 atom stereocenters. The van der Waals surface area contributed by atoms with Crippen LogP contribution in [0.25, 0.3) is 11.1 Å². The summed E-state index contributed by atoms with van der Waals surface area (Å²) in [6.07, 6.45) is 6.12. The molecule has 5 rings (SSSR count). The number of hydrogen-bond acceptors (Lipinski definition) is 6. The third-order valence-electron chi connectivity index (χ3n) is 5.58. The first-order valence-electron chi connectivity index (χ1n) is 10.5. The number of ketones is 1. The monoisotopic (exact) mass is 511 g/mol. The van der Waals surface area contributed by atoms with Gasteiger partial charge in [-0.15, -0.1) is 0 Å². The van der Waals surface area contributed by atoms with E-state index in [2.05, 4.69) is 15.1 Å². The van der Waals surface area contributed by atoms with Crippen molar-refractivity contribution >= 4 is 33.5 Å². The lowest BCUT2D eigenvalue weighted by Crippen LogP contribution is -2.19. The van der Waals surface area contributed by atoms with Crippen LogP contribution in [-0.2, 0) is 17.1 Å². The lowest BCUT2D eigenvalue weighted by molar-refractivity contribution is 0.0977. The van der Waals surface area contributed by atoms with E-state index in [0.717, 1.165) is 35.9 Å². The van der Waals surface area contributed by atoms with Gasteiger partial charge in [-0.2, -0.15) is 5.10 Å². The molecule has 12 heteroatoms. The number of carbonyl (C=O) groups is 1. The fourth-order valence-corrected chi connectivity index (χ4v) is 4.91. The van der Waals surface area contributed by atoms with Crippen molar-refractivity contribution in [2.75, 3.05) is 4.72 Å². The number of benzene rings is 2. The second kappa shape index (κ2) is 8.72. The van der Waals surface area contributed by atoms with Gasteiger partial charge in [-0.25, -0.2) is 31.6 Å². The van der Waals surface area contributed by atoms with Crippen molar-refractivity contribution < 1.29 is 26.4 Å². The maximum Gasteiger partial charge on any atom is 0.262 e. The number of sulfonamides is 1. The summed E-state index contributed by atoms with van der Waals surface area (Å²) in [4.78, 5) is 21.1. The van der Waals surface area contributed by atoms with Crippen LogP contribution in [0.2, 0.25) is 0 Å². The van der Waals surface area contributed by atoms with Crippen LogP contribution in [0.5, 0.6) is 0 Å². The number of aromatic nitrogens is 3. The highest BCUT2D eigenvalue weighted by molar-refractivity contribution is 7.92. The molecule has 0 fully saturated rings. The molecule has 0 radical (unpaired) electrons. The summed E-state index contributed by atoms with van der Waals surface area (Å²) in [5.41, 5.74) is 0.0811. The zero-order chi connectivity index (χ0) is 25.6. The quantitative estimate of drug-likeness (QED) is 0.387. The molecule has 8 nitrogen and oxygen atoms in total. The van der Waals surface area contributed by atoms with Gasteiger partial charge in [0.05, 0.1) is 28.3 Å². The molecule has 1 unspecified atom stereocenters. The number of halogens is 3. The van der Waals surface area contributed by atoms with Crippen LogP contribution >= 0.6 is 0 Å². The van der Waals surface area contributed by atoms with E-state index in [0.29, 0.717) is 11.1 Å². The highest BCUT2D eigenvalue weighted by Gasteiger charge is 2.33. The molecule has 0 spiro atoms. The van der Waals surface area contributed by atoms with Gasteiger partial charge in [-0.05, 0) is 36.4 Å². The number of fused-ring (bicyclic) bond motifs is 1. The largest absolute Gasteiger partial charge is 0.293 e. The van der Waals surface area contributed by atoms with Gasteiger partial charge in [-0.3, -0.25) is 14.2 Å². The smallest absolute Gasteiger partial charge is 0.262 e. The van der Waals surface area contributed by atoms with Crippen molar-refractivity contribution in [2.45, 2.75) is 10.8 Å². The summed E-state index contributed by atoms with van der Waals surface area (Å²) in [5.74, 6) is -5.29. The Labute approximate surface area is 203 Å². The van der Waals surface area contributed by atoms with Gasteiger partial charge in [-0.1, -0.05) is 6.07 Å². The molecule has 1 aliphatic rings. The fraction of sp³-hybridized carbons (Fsp3) is 0.0833. The second-order valence-corrected chi connectivity index (χ2v) is 9.69. The average Bonchev–Trinajstić information content (AvgIpc) is 3.46. The zero-order valence-electron chi connectivity index (χ0n) is 18.5. The summed E-state index contributed by atoms with van der Waals surface area (Å²) in [6, 6.07) is 7.33. The molecule has 36 heavy (non-hydrogen) atoms. The minimum atomic E-state index is -4.42. The van der Waals surface area contributed by atoms with Crippen molar-refractivity contribution in [3.8, 4) is 11.1 Å². The van der Waals surface area contributed by atoms with Gasteiger partial charge in [0.15, 0.2) is 17.4 Å². The van der Waals surface area contributed by atoms with Gasteiger partial charge in [0.1, 0.15) is 11.6 Å². The van der Waals surface area contributed by atoms with Gasteiger partial charge in [0, 0.05) is 42.3 Å². The molecule has 2 aromatic heterocycles. The Morgan fingerprint density at radius 2 is 1.86 bits per heavy atom. The number of rotatable bonds is 6. The van der Waals surface area contributed by atoms with E-state index in [-0.39, 0.29) is 5.82 Å². The first-order chi connectivity index (χ1) is 17.1. The van der Waals surface area contributed by atoms with E-state index < -0.39 is 55.3 Å². The Bertz CT molecular complexity index is 1670. The Morgan fingerprint density at radius 3 is 2.58 bits per heavy atom. The summed E-state index contributed by atoms with van der Waals surface area (Å²) < 4.78 is 72.3. The Hall–Kier alpha value is -4.32. The molecule has 0 amide bonds. The number of anilines is 1. The predicted molar refractivity (Wildman–Crippen MR) is 125 cm³/mol. The number of aryl methyl sites for hydroxylation is 1. The van der Waals surface area contributed by atoms with Crippen LogP contribution in [0.15, 0.2) is 70.9 Å². The fourth-order valence-electron chi connectivity index (χ4n) is 3.82. The first kappa shape index (κ1) is 23.4. The second-order valence-electron chi connectivity index (χ2n) is 8.01. The number of pyridine rings is 1. The van der Waals surface area contributed by atoms with Crippen LogP contribution in [0, 0.1) is 17.5 Å². The van der Waals surface area contributed by atoms with E-state index in [1.54, 1.807) is 36.4 Å². The van der Waals surface area contributed by atoms with Gasteiger partial charge < -0.3 is 0 Å². The molecule has 2 aromatic carbocycles. The molecular formula is C24H16F3N5O3S. The maximum atomic E-state index is 15.4. The molecule has 0 aliphatic carbocycles. The lowest BCUT2D eigenvalue weighted by Gasteiger charge is -2.14. The van der Waals surface area contributed by atoms with Crippen LogP contribution in [0.3, 0.4) is 0 Å². The van der Waals surface area contributed by atoms with Gasteiger partial charge in [0.25, 0.3) is 10.0 Å². The average molecular weight is 511 g/mol. The highest BCUT2D eigenvalue weighted by Crippen LogP contribution is 2.37. The SMILES string of the molecule is Cn1cc(-c2cnc3c(c2)C(C(=O)c2c(F)ccc(NS(=O)(=O)c4cccc(F)c4)c2F)C=N3)cn1. The first-order valence-corrected chi connectivity index (χ1v) is 12.0. The van der Waals surface area contributed by atoms with Crippen molar-refractivity contribution in [3.63, 3.8) is 0 Å². The van der Waals surface area contributed by atoms with Crippen molar-refractivity contribution in [3.05, 3.63) is 89.6 Å². The number of Topliss-reactive ketones (excluding diaryl/α,β-unsaturated/α-hetero) is 1. The molecule has 3 heterocycles. The van der Waals surface area contributed by atoms with E-state index in [4.69, 9.17) is 0 Å². The van der Waals surface area contributed by atoms with E-state index in [1.165, 1.54) is 12.3 Å². The molecule has 0 saturated heterocycles. The van der Waals surface area contributed by atoms with Crippen LogP contribution in [0.1, 0.15) is 21.8 Å². The molecule has 0 saturated carbocycles. The molecule has 1 N–H and O–H groups in total. The van der Waals surface area contributed by atoms with Crippen LogP contribution < -0.4 is 4.72 Å². The summed E-state index contributed by atoms with van der Waals surface area (Å²) in [5, 5.41) is 4.09. The minimum absolute atomic E-state index is 0.227. The summed E-state index contributed by atoms with van der Waals surface area (Å²) >= 11 is 0.